The van der Waals surface area contributed by atoms with Crippen molar-refractivity contribution in [2.75, 3.05) is 10.3 Å². The van der Waals surface area contributed by atoms with Gasteiger partial charge < -0.3 is 9.64 Å². The molecule has 0 saturated heterocycles. The summed E-state index contributed by atoms with van der Waals surface area (Å²) in [5.41, 5.74) is 19.2. The quantitative estimate of drug-likeness (QED) is 0.160. The second-order valence-corrected chi connectivity index (χ2v) is 14.9. The number of nitrogens with zero attached hydrogens (tertiary/aromatic N) is 2. The van der Waals surface area contributed by atoms with Crippen LogP contribution in [0.5, 0.6) is 11.5 Å². The summed E-state index contributed by atoms with van der Waals surface area (Å²) < 4.78 is 8.83. The van der Waals surface area contributed by atoms with Crippen LogP contribution in [0, 0.1) is 5.41 Å². The first-order valence-electron chi connectivity index (χ1n) is 19.8. The van der Waals surface area contributed by atoms with Crippen LogP contribution in [0.4, 0.5) is 22.7 Å². The van der Waals surface area contributed by atoms with Gasteiger partial charge in [-0.3, -0.25) is 15.5 Å². The maximum absolute atomic E-state index is 9.43. The minimum atomic E-state index is 0.465. The summed E-state index contributed by atoms with van der Waals surface area (Å²) in [5, 5.41) is 11.9. The van der Waals surface area contributed by atoms with Crippen molar-refractivity contribution in [2.24, 2.45) is 0 Å². The largest absolute Gasteiger partial charge is 0.453 e. The molecule has 58 heavy (non-hydrogen) atoms. The molecule has 9 aromatic rings. The molecule has 276 valence electrons. The van der Waals surface area contributed by atoms with E-state index in [9.17, 15) is 5.41 Å². The third-order valence-electron chi connectivity index (χ3n) is 11.5. The van der Waals surface area contributed by atoms with Crippen molar-refractivity contribution in [1.82, 2.24) is 4.68 Å². The summed E-state index contributed by atoms with van der Waals surface area (Å²) >= 11 is 0. The van der Waals surface area contributed by atoms with Gasteiger partial charge in [0.2, 0.25) is 0 Å². The average molecular weight is 747 g/mol. The fraction of sp³-hybridized carbons (Fsp3) is 0.0377. The van der Waals surface area contributed by atoms with Crippen LogP contribution in [0.2, 0.25) is 0 Å². The molecule has 8 aromatic carbocycles. The fourth-order valence-electron chi connectivity index (χ4n) is 8.69. The predicted octanol–water partition coefficient (Wildman–Crippen LogP) is 14.0. The van der Waals surface area contributed by atoms with Gasteiger partial charge >= 0.3 is 0 Å². The van der Waals surface area contributed by atoms with Gasteiger partial charge in [0.25, 0.3) is 0 Å². The van der Waals surface area contributed by atoms with Crippen molar-refractivity contribution < 1.29 is 4.74 Å². The number of nitrogens with one attached hydrogen (secondary N) is 2. The normalized spacial score (nSPS) is 12.8. The monoisotopic (exact) mass is 746 g/mol. The number of hydrogen-bond acceptors (Lipinski definition) is 4. The first-order chi connectivity index (χ1) is 28.7. The van der Waals surface area contributed by atoms with Gasteiger partial charge in [-0.05, 0) is 101 Å². The number of para-hydroxylation sites is 4. The van der Waals surface area contributed by atoms with Gasteiger partial charge in [0.15, 0.2) is 11.5 Å². The van der Waals surface area contributed by atoms with Crippen LogP contribution in [0.15, 0.2) is 188 Å². The number of aryl methyl sites for hydroxylation is 1. The maximum atomic E-state index is 9.43. The number of allylic oxidation sites excluding steroid dienone is 1. The first-order valence-corrected chi connectivity index (χ1v) is 19.8. The summed E-state index contributed by atoms with van der Waals surface area (Å²) in [4.78, 5) is 2.27. The van der Waals surface area contributed by atoms with E-state index in [0.29, 0.717) is 5.71 Å². The van der Waals surface area contributed by atoms with Crippen LogP contribution >= 0.6 is 0 Å². The smallest absolute Gasteiger partial charge is 0.152 e. The summed E-state index contributed by atoms with van der Waals surface area (Å²) in [7, 11) is 0. The summed E-state index contributed by atoms with van der Waals surface area (Å²) in [5.74, 6) is 1.63. The van der Waals surface area contributed by atoms with Crippen molar-refractivity contribution in [1.29, 1.82) is 5.41 Å². The van der Waals surface area contributed by atoms with Crippen LogP contribution in [-0.4, -0.2) is 10.4 Å². The zero-order valence-electron chi connectivity index (χ0n) is 31.7. The van der Waals surface area contributed by atoms with Gasteiger partial charge in [0.1, 0.15) is 0 Å². The van der Waals surface area contributed by atoms with E-state index in [4.69, 9.17) is 4.74 Å². The lowest BCUT2D eigenvalue weighted by molar-refractivity contribution is 0.477. The molecule has 11 rings (SSSR count). The lowest BCUT2D eigenvalue weighted by Gasteiger charge is -2.33. The Kier molecular flexibility index (Phi) is 8.04. The van der Waals surface area contributed by atoms with Crippen molar-refractivity contribution in [3.8, 4) is 33.8 Å². The standard InChI is InChI=1S/C53H38N4O/c54-53(38-25-23-36(24-26-38)35-13-3-1-4-14-35)43-19-9-10-20-45(43)55-57-48-32-28-37-15-7-8-18-42(37)52(48)44-30-27-39(33-49(44)57)40-29-31-47-51(34-40)58-50-22-12-11-21-46(50)56(47)41-16-5-2-6-17-41/h1-7,9-17,19-34,54-55H,8,18H2. The molecular formula is C53H38N4O. The Morgan fingerprint density at radius 2 is 1.26 bits per heavy atom. The Morgan fingerprint density at radius 1 is 0.569 bits per heavy atom. The van der Waals surface area contributed by atoms with Crippen molar-refractivity contribution in [3.63, 3.8) is 0 Å². The minimum absolute atomic E-state index is 0.465. The van der Waals surface area contributed by atoms with Gasteiger partial charge in [-0.1, -0.05) is 140 Å². The highest BCUT2D eigenvalue weighted by molar-refractivity contribution is 6.15. The van der Waals surface area contributed by atoms with E-state index in [0.717, 1.165) is 91.5 Å². The molecule has 0 amide bonds. The van der Waals surface area contributed by atoms with E-state index < -0.39 is 0 Å². The van der Waals surface area contributed by atoms with Crippen LogP contribution in [0.3, 0.4) is 0 Å². The number of aromatic nitrogens is 1. The first kappa shape index (κ1) is 33.7. The Bertz CT molecular complexity index is 3070. The Balaban J connectivity index is 1.02. The van der Waals surface area contributed by atoms with E-state index in [1.165, 1.54) is 21.9 Å². The Hall–Kier alpha value is -7.63. The molecule has 5 heteroatoms. The van der Waals surface area contributed by atoms with Gasteiger partial charge in [0.05, 0.1) is 33.8 Å². The molecule has 0 bridgehead atoms. The number of anilines is 4. The fourth-order valence-corrected chi connectivity index (χ4v) is 8.69. The molecule has 5 nitrogen and oxygen atoms in total. The highest BCUT2D eigenvalue weighted by Crippen LogP contribution is 2.51. The summed E-state index contributed by atoms with van der Waals surface area (Å²) in [6.07, 6.45) is 6.54. The third-order valence-corrected chi connectivity index (χ3v) is 11.5. The molecular weight excluding hydrogens is 709 g/mol. The zero-order chi connectivity index (χ0) is 38.6. The second-order valence-electron chi connectivity index (χ2n) is 14.9. The van der Waals surface area contributed by atoms with Crippen LogP contribution in [0.25, 0.3) is 50.1 Å². The molecule has 0 radical (unpaired) electrons. The molecule has 2 N–H and O–H groups in total. The number of benzene rings is 8. The topological polar surface area (TPSA) is 53.3 Å². The number of hydrogen-bond donors (Lipinski definition) is 2. The van der Waals surface area contributed by atoms with Crippen LogP contribution in [-0.2, 0) is 6.42 Å². The number of ether oxygens (including phenoxy) is 1. The molecule has 2 aliphatic rings. The van der Waals surface area contributed by atoms with Crippen LogP contribution in [0.1, 0.15) is 28.7 Å². The van der Waals surface area contributed by atoms with Crippen molar-refractivity contribution in [3.05, 3.63) is 210 Å². The zero-order valence-corrected chi connectivity index (χ0v) is 31.7. The third kappa shape index (κ3) is 5.67. The highest BCUT2D eigenvalue weighted by atomic mass is 16.5. The summed E-state index contributed by atoms with van der Waals surface area (Å²) in [6, 6.07) is 63.3. The van der Waals surface area contributed by atoms with Gasteiger partial charge in [0, 0.05) is 27.6 Å². The average Bonchev–Trinajstić information content (AvgIpc) is 3.61. The van der Waals surface area contributed by atoms with E-state index >= 15 is 0 Å². The molecule has 0 atom stereocenters. The molecule has 0 saturated carbocycles. The lowest BCUT2D eigenvalue weighted by Crippen LogP contribution is -2.15. The van der Waals surface area contributed by atoms with E-state index in [2.05, 4.69) is 155 Å². The van der Waals surface area contributed by atoms with Crippen molar-refractivity contribution >= 4 is 56.3 Å². The number of fused-ring (bicyclic) bond motifs is 7. The minimum Gasteiger partial charge on any atom is -0.453 e. The second kappa shape index (κ2) is 13.8. The highest BCUT2D eigenvalue weighted by Gasteiger charge is 2.26. The lowest BCUT2D eigenvalue weighted by atomic mass is 9.92. The van der Waals surface area contributed by atoms with Gasteiger partial charge in [-0.25, -0.2) is 0 Å². The molecule has 1 aromatic heterocycles. The Labute approximate surface area is 337 Å². The molecule has 1 aliphatic carbocycles. The van der Waals surface area contributed by atoms with Crippen molar-refractivity contribution in [2.45, 2.75) is 12.8 Å². The molecule has 0 unspecified atom stereocenters. The van der Waals surface area contributed by atoms with Gasteiger partial charge in [-0.15, -0.1) is 0 Å². The molecule has 0 spiro atoms. The number of rotatable bonds is 7. The van der Waals surface area contributed by atoms with E-state index in [1.807, 2.05) is 54.6 Å². The van der Waals surface area contributed by atoms with E-state index in [1.54, 1.807) is 0 Å². The molecule has 2 heterocycles. The Morgan fingerprint density at radius 3 is 2.12 bits per heavy atom. The predicted molar refractivity (Wildman–Crippen MR) is 240 cm³/mol. The molecule has 1 aliphatic heterocycles. The summed E-state index contributed by atoms with van der Waals surface area (Å²) in [6.45, 7) is 0. The van der Waals surface area contributed by atoms with Crippen LogP contribution < -0.4 is 15.1 Å². The van der Waals surface area contributed by atoms with Gasteiger partial charge in [-0.2, -0.15) is 0 Å². The molecule has 0 fully saturated rings. The van der Waals surface area contributed by atoms with E-state index in [-0.39, 0.29) is 0 Å². The SMILES string of the molecule is N=C(c1ccc(-c2ccccc2)cc1)c1ccccc1Nn1c2cc(-c3ccc4c(c3)Oc3ccccc3N4c3ccccc3)ccc2c2c3c(ccc21)C=CCC3. The maximum Gasteiger partial charge on any atom is 0.152 e.